The second-order valence-corrected chi connectivity index (χ2v) is 11.2. The van der Waals surface area contributed by atoms with E-state index in [0.717, 1.165) is 6.26 Å². The van der Waals surface area contributed by atoms with E-state index in [-0.39, 0.29) is 40.3 Å². The molecular formula is C20H20N4O7S2. The van der Waals surface area contributed by atoms with Crippen molar-refractivity contribution in [3.63, 3.8) is 0 Å². The number of morpholine rings is 1. The Morgan fingerprint density at radius 2 is 1.52 bits per heavy atom. The number of sulfonamides is 1. The third kappa shape index (κ3) is 5.11. The van der Waals surface area contributed by atoms with E-state index in [4.69, 9.17) is 9.15 Å². The number of benzene rings is 2. The van der Waals surface area contributed by atoms with E-state index in [0.29, 0.717) is 18.8 Å². The molecule has 33 heavy (non-hydrogen) atoms. The Bertz CT molecular complexity index is 1360. The highest BCUT2D eigenvalue weighted by molar-refractivity contribution is 7.90. The molecule has 0 atom stereocenters. The lowest BCUT2D eigenvalue weighted by Gasteiger charge is -2.26. The molecule has 1 aliphatic heterocycles. The molecule has 0 bridgehead atoms. The number of rotatable bonds is 6. The molecule has 1 aliphatic rings. The van der Waals surface area contributed by atoms with Gasteiger partial charge in [0.2, 0.25) is 15.9 Å². The van der Waals surface area contributed by atoms with Crippen molar-refractivity contribution in [3.05, 3.63) is 54.1 Å². The molecule has 1 saturated heterocycles. The molecule has 0 radical (unpaired) electrons. The van der Waals surface area contributed by atoms with Crippen molar-refractivity contribution in [2.24, 2.45) is 0 Å². The highest BCUT2D eigenvalue weighted by Gasteiger charge is 2.26. The molecule has 13 heteroatoms. The molecule has 2 aromatic carbocycles. The van der Waals surface area contributed by atoms with Gasteiger partial charge in [-0.05, 0) is 48.5 Å². The molecule has 2 heterocycles. The number of ether oxygens (including phenoxy) is 1. The Hall–Kier alpha value is -3.13. The summed E-state index contributed by atoms with van der Waals surface area (Å²) in [5.41, 5.74) is 0.682. The predicted octanol–water partition coefficient (Wildman–Crippen LogP) is 1.41. The minimum absolute atomic E-state index is 0.0820. The molecule has 1 N–H and O–H groups in total. The maximum atomic E-state index is 12.7. The Labute approximate surface area is 190 Å². The van der Waals surface area contributed by atoms with Crippen LogP contribution in [0.15, 0.2) is 62.7 Å². The van der Waals surface area contributed by atoms with Gasteiger partial charge in [0, 0.05) is 30.5 Å². The van der Waals surface area contributed by atoms with Gasteiger partial charge in [0.25, 0.3) is 5.91 Å². The first-order valence-electron chi connectivity index (χ1n) is 9.78. The van der Waals surface area contributed by atoms with Gasteiger partial charge in [0.15, 0.2) is 9.84 Å². The summed E-state index contributed by atoms with van der Waals surface area (Å²) in [6.07, 6.45) is 1.10. The topological polar surface area (TPSA) is 149 Å². The lowest BCUT2D eigenvalue weighted by atomic mass is 10.2. The quantitative estimate of drug-likeness (QED) is 0.539. The molecule has 1 fully saturated rings. The fourth-order valence-corrected chi connectivity index (χ4v) is 5.16. The summed E-state index contributed by atoms with van der Waals surface area (Å²) in [5, 5.41) is 10.1. The Balaban J connectivity index is 1.44. The third-order valence-corrected chi connectivity index (χ3v) is 7.94. The van der Waals surface area contributed by atoms with Gasteiger partial charge >= 0.3 is 6.01 Å². The number of sulfone groups is 1. The summed E-state index contributed by atoms with van der Waals surface area (Å²) in [5.74, 6) is -0.467. The zero-order valence-corrected chi connectivity index (χ0v) is 19.1. The maximum Gasteiger partial charge on any atom is 0.322 e. The first-order valence-corrected chi connectivity index (χ1v) is 13.1. The average molecular weight is 493 g/mol. The summed E-state index contributed by atoms with van der Waals surface area (Å²) in [6, 6.07) is 11.2. The first-order chi connectivity index (χ1) is 15.6. The van der Waals surface area contributed by atoms with Crippen molar-refractivity contribution in [3.8, 4) is 11.5 Å². The molecule has 0 spiro atoms. The first kappa shape index (κ1) is 23.0. The molecule has 1 aromatic heterocycles. The van der Waals surface area contributed by atoms with Crippen LogP contribution in [0.5, 0.6) is 0 Å². The smallest absolute Gasteiger partial charge is 0.322 e. The second kappa shape index (κ2) is 9.02. The summed E-state index contributed by atoms with van der Waals surface area (Å²) in [4.78, 5) is 12.7. The second-order valence-electron chi connectivity index (χ2n) is 7.20. The number of carbonyl (C=O) groups excluding carboxylic acids is 1. The molecule has 3 aromatic rings. The van der Waals surface area contributed by atoms with Crippen LogP contribution >= 0.6 is 0 Å². The monoisotopic (exact) mass is 492 g/mol. The van der Waals surface area contributed by atoms with Crippen LogP contribution in [0.4, 0.5) is 6.01 Å². The number of carbonyl (C=O) groups is 1. The van der Waals surface area contributed by atoms with Crippen LogP contribution in [0, 0.1) is 0 Å². The van der Waals surface area contributed by atoms with Crippen molar-refractivity contribution in [1.82, 2.24) is 14.5 Å². The molecule has 1 amide bonds. The van der Waals surface area contributed by atoms with E-state index in [9.17, 15) is 21.6 Å². The highest BCUT2D eigenvalue weighted by atomic mass is 32.2. The average Bonchev–Trinajstić information content (AvgIpc) is 3.27. The van der Waals surface area contributed by atoms with E-state index in [1.54, 1.807) is 0 Å². The highest BCUT2D eigenvalue weighted by Crippen LogP contribution is 2.22. The van der Waals surface area contributed by atoms with Gasteiger partial charge < -0.3 is 9.15 Å². The predicted molar refractivity (Wildman–Crippen MR) is 117 cm³/mol. The van der Waals surface area contributed by atoms with Crippen molar-refractivity contribution < 1.29 is 30.8 Å². The van der Waals surface area contributed by atoms with Gasteiger partial charge in [0.1, 0.15) is 0 Å². The van der Waals surface area contributed by atoms with Crippen molar-refractivity contribution in [2.45, 2.75) is 9.79 Å². The zero-order valence-electron chi connectivity index (χ0n) is 17.5. The van der Waals surface area contributed by atoms with E-state index in [1.165, 1.54) is 52.8 Å². The van der Waals surface area contributed by atoms with Crippen LogP contribution < -0.4 is 5.32 Å². The van der Waals surface area contributed by atoms with Crippen LogP contribution in [0.1, 0.15) is 10.4 Å². The summed E-state index contributed by atoms with van der Waals surface area (Å²) >= 11 is 0. The summed E-state index contributed by atoms with van der Waals surface area (Å²) in [6.45, 7) is 1.24. The van der Waals surface area contributed by atoms with Crippen LogP contribution in [-0.2, 0) is 24.6 Å². The number of amides is 1. The fourth-order valence-electron chi connectivity index (χ4n) is 3.12. The lowest BCUT2D eigenvalue weighted by Crippen LogP contribution is -2.40. The number of hydrogen-bond donors (Lipinski definition) is 1. The maximum absolute atomic E-state index is 12.7. The van der Waals surface area contributed by atoms with E-state index in [2.05, 4.69) is 15.5 Å². The molecule has 0 saturated carbocycles. The van der Waals surface area contributed by atoms with Crippen molar-refractivity contribution in [1.29, 1.82) is 0 Å². The number of aromatic nitrogens is 2. The van der Waals surface area contributed by atoms with Gasteiger partial charge in [-0.25, -0.2) is 16.8 Å². The third-order valence-electron chi connectivity index (χ3n) is 4.90. The normalized spacial score (nSPS) is 15.3. The van der Waals surface area contributed by atoms with Gasteiger partial charge in [-0.15, -0.1) is 5.10 Å². The number of nitrogens with zero attached hydrogens (tertiary/aromatic N) is 3. The molecule has 4 rings (SSSR count). The lowest BCUT2D eigenvalue weighted by molar-refractivity contribution is 0.0730. The van der Waals surface area contributed by atoms with Crippen LogP contribution in [-0.4, -0.2) is 69.8 Å². The van der Waals surface area contributed by atoms with Crippen LogP contribution in [0.3, 0.4) is 0 Å². The van der Waals surface area contributed by atoms with Crippen molar-refractivity contribution >= 4 is 31.8 Å². The minimum atomic E-state index is -3.66. The summed E-state index contributed by atoms with van der Waals surface area (Å²) < 4.78 is 60.4. The zero-order chi connectivity index (χ0) is 23.6. The van der Waals surface area contributed by atoms with E-state index in [1.807, 2.05) is 0 Å². The largest absolute Gasteiger partial charge is 0.403 e. The van der Waals surface area contributed by atoms with Gasteiger partial charge in [-0.2, -0.15) is 4.31 Å². The Morgan fingerprint density at radius 3 is 2.12 bits per heavy atom. The summed E-state index contributed by atoms with van der Waals surface area (Å²) in [7, 11) is -6.99. The molecule has 11 nitrogen and oxygen atoms in total. The van der Waals surface area contributed by atoms with Gasteiger partial charge in [0.05, 0.1) is 23.0 Å². The van der Waals surface area contributed by atoms with Crippen LogP contribution in [0.2, 0.25) is 0 Å². The van der Waals surface area contributed by atoms with Crippen molar-refractivity contribution in [2.75, 3.05) is 37.9 Å². The molecule has 0 unspecified atom stereocenters. The molecule has 0 aliphatic carbocycles. The SMILES string of the molecule is CS(=O)(=O)c1ccc(-c2nnc(NC(=O)c3ccc(S(=O)(=O)N4CCOCC4)cc3)o2)cc1. The number of nitrogens with one attached hydrogen (secondary N) is 1. The standard InChI is InChI=1S/C20H20N4O7S2/c1-32(26,27)16-6-4-15(5-7-16)19-22-23-20(31-19)21-18(25)14-2-8-17(9-3-14)33(28,29)24-10-12-30-13-11-24/h2-9H,10-13H2,1H3,(H,21,23,25). The Kier molecular flexibility index (Phi) is 6.30. The number of hydrogen-bond acceptors (Lipinski definition) is 9. The molecular weight excluding hydrogens is 472 g/mol. The minimum Gasteiger partial charge on any atom is -0.403 e. The number of anilines is 1. The Morgan fingerprint density at radius 1 is 0.909 bits per heavy atom. The molecule has 174 valence electrons. The van der Waals surface area contributed by atoms with Crippen LogP contribution in [0.25, 0.3) is 11.5 Å². The van der Waals surface area contributed by atoms with Gasteiger partial charge in [-0.3, -0.25) is 10.1 Å². The van der Waals surface area contributed by atoms with E-state index < -0.39 is 25.8 Å². The van der Waals surface area contributed by atoms with E-state index >= 15 is 0 Å². The van der Waals surface area contributed by atoms with Gasteiger partial charge in [-0.1, -0.05) is 5.10 Å². The fraction of sp³-hybridized carbons (Fsp3) is 0.250.